The SMILES string of the molecule is [O]C(=O)CC1CCCO1. The molecule has 1 rings (SSSR count). The Labute approximate surface area is 53.6 Å². The van der Waals surface area contributed by atoms with Crippen LogP contribution >= 0.6 is 0 Å². The van der Waals surface area contributed by atoms with E-state index < -0.39 is 5.97 Å². The predicted molar refractivity (Wildman–Crippen MR) is 29.3 cm³/mol. The average molecular weight is 129 g/mol. The highest BCUT2D eigenvalue weighted by Gasteiger charge is 2.18. The highest BCUT2D eigenvalue weighted by atomic mass is 16.5. The molecule has 0 bridgehead atoms. The Bertz CT molecular complexity index is 105. The van der Waals surface area contributed by atoms with Crippen LogP contribution in [0.5, 0.6) is 0 Å². The zero-order valence-corrected chi connectivity index (χ0v) is 5.13. The maximum absolute atomic E-state index is 9.96. The maximum atomic E-state index is 9.96. The molecule has 0 amide bonds. The molecular weight excluding hydrogens is 120 g/mol. The van der Waals surface area contributed by atoms with Crippen LogP contribution in [0.2, 0.25) is 0 Å². The summed E-state index contributed by atoms with van der Waals surface area (Å²) in [6.45, 7) is 0.706. The number of hydrogen-bond donors (Lipinski definition) is 0. The van der Waals surface area contributed by atoms with Crippen molar-refractivity contribution in [1.29, 1.82) is 0 Å². The lowest BCUT2D eigenvalue weighted by molar-refractivity contribution is -0.145. The third kappa shape index (κ3) is 2.01. The molecule has 1 saturated heterocycles. The molecule has 3 heteroatoms. The summed E-state index contributed by atoms with van der Waals surface area (Å²) in [7, 11) is 0. The van der Waals surface area contributed by atoms with Gasteiger partial charge in [-0.15, -0.1) is 0 Å². The third-order valence-electron chi connectivity index (χ3n) is 1.42. The van der Waals surface area contributed by atoms with E-state index in [1.807, 2.05) is 0 Å². The van der Waals surface area contributed by atoms with Crippen LogP contribution in [0.15, 0.2) is 0 Å². The van der Waals surface area contributed by atoms with Gasteiger partial charge >= 0.3 is 5.97 Å². The molecule has 1 heterocycles. The molecule has 1 aliphatic rings. The summed E-state index contributed by atoms with van der Waals surface area (Å²) in [5.41, 5.74) is 0. The average Bonchev–Trinajstić information content (AvgIpc) is 2.15. The van der Waals surface area contributed by atoms with Gasteiger partial charge in [-0.1, -0.05) is 0 Å². The number of carbonyl (C=O) groups is 1. The topological polar surface area (TPSA) is 46.2 Å². The Morgan fingerprint density at radius 3 is 2.89 bits per heavy atom. The molecule has 1 atom stereocenters. The Balaban J connectivity index is 2.19. The van der Waals surface area contributed by atoms with Crippen molar-refractivity contribution in [3.05, 3.63) is 0 Å². The molecule has 0 saturated carbocycles. The lowest BCUT2D eigenvalue weighted by Crippen LogP contribution is -2.10. The second kappa shape index (κ2) is 2.82. The monoisotopic (exact) mass is 129 g/mol. The molecule has 0 aromatic heterocycles. The van der Waals surface area contributed by atoms with Gasteiger partial charge in [0.2, 0.25) is 0 Å². The van der Waals surface area contributed by atoms with Crippen LogP contribution in [0.4, 0.5) is 0 Å². The maximum Gasteiger partial charge on any atom is 0.358 e. The van der Waals surface area contributed by atoms with E-state index in [-0.39, 0.29) is 12.5 Å². The lowest BCUT2D eigenvalue weighted by Gasteiger charge is -2.01. The normalized spacial score (nSPS) is 26.4. The second-order valence-electron chi connectivity index (χ2n) is 2.21. The van der Waals surface area contributed by atoms with Crippen molar-refractivity contribution < 1.29 is 14.6 Å². The first-order valence-corrected chi connectivity index (χ1v) is 3.10. The van der Waals surface area contributed by atoms with Crippen molar-refractivity contribution in [2.45, 2.75) is 25.4 Å². The van der Waals surface area contributed by atoms with E-state index >= 15 is 0 Å². The van der Waals surface area contributed by atoms with Gasteiger partial charge in [-0.25, -0.2) is 9.90 Å². The van der Waals surface area contributed by atoms with Gasteiger partial charge in [-0.3, -0.25) is 0 Å². The van der Waals surface area contributed by atoms with Crippen LogP contribution in [-0.4, -0.2) is 18.7 Å². The number of carbonyl (C=O) groups excluding carboxylic acids is 1. The Kier molecular flexibility index (Phi) is 2.05. The zero-order chi connectivity index (χ0) is 6.69. The Morgan fingerprint density at radius 2 is 2.44 bits per heavy atom. The lowest BCUT2D eigenvalue weighted by atomic mass is 10.2. The first-order valence-electron chi connectivity index (χ1n) is 3.10. The standard InChI is InChI=1S/C6H9O3/c7-6(8)4-5-2-1-3-9-5/h5H,1-4H2. The molecule has 0 spiro atoms. The van der Waals surface area contributed by atoms with E-state index in [0.29, 0.717) is 6.61 Å². The molecule has 0 N–H and O–H groups in total. The van der Waals surface area contributed by atoms with E-state index in [1.165, 1.54) is 0 Å². The first kappa shape index (κ1) is 6.55. The summed E-state index contributed by atoms with van der Waals surface area (Å²) < 4.78 is 5.04. The molecule has 3 nitrogen and oxygen atoms in total. The van der Waals surface area contributed by atoms with E-state index in [0.717, 1.165) is 12.8 Å². The van der Waals surface area contributed by atoms with Crippen molar-refractivity contribution in [1.82, 2.24) is 0 Å². The van der Waals surface area contributed by atoms with E-state index in [1.54, 1.807) is 0 Å². The van der Waals surface area contributed by atoms with Crippen molar-refractivity contribution in [3.63, 3.8) is 0 Å². The molecule has 1 aliphatic heterocycles. The fourth-order valence-corrected chi connectivity index (χ4v) is 0.991. The molecule has 0 aromatic rings. The first-order chi connectivity index (χ1) is 4.29. The van der Waals surface area contributed by atoms with E-state index in [9.17, 15) is 9.90 Å². The minimum atomic E-state index is -1.01. The van der Waals surface area contributed by atoms with Gasteiger partial charge in [-0.2, -0.15) is 0 Å². The fourth-order valence-electron chi connectivity index (χ4n) is 0.991. The van der Waals surface area contributed by atoms with Crippen molar-refractivity contribution >= 4 is 5.97 Å². The summed E-state index contributed by atoms with van der Waals surface area (Å²) in [6, 6.07) is 0. The van der Waals surface area contributed by atoms with Crippen LogP contribution in [0.1, 0.15) is 19.3 Å². The number of hydrogen-bond acceptors (Lipinski definition) is 2. The molecule has 1 unspecified atom stereocenters. The summed E-state index contributed by atoms with van der Waals surface area (Å²) in [6.07, 6.45) is 1.83. The molecule has 51 valence electrons. The summed E-state index contributed by atoms with van der Waals surface area (Å²) in [5, 5.41) is 9.96. The number of rotatable bonds is 2. The molecule has 0 aliphatic carbocycles. The highest BCUT2D eigenvalue weighted by Crippen LogP contribution is 2.14. The van der Waals surface area contributed by atoms with Crippen LogP contribution < -0.4 is 0 Å². The van der Waals surface area contributed by atoms with Crippen molar-refractivity contribution in [2.75, 3.05) is 6.61 Å². The summed E-state index contributed by atoms with van der Waals surface area (Å²) in [4.78, 5) is 9.96. The summed E-state index contributed by atoms with van der Waals surface area (Å²) in [5.74, 6) is -1.01. The molecule has 0 aromatic carbocycles. The summed E-state index contributed by atoms with van der Waals surface area (Å²) >= 11 is 0. The third-order valence-corrected chi connectivity index (χ3v) is 1.42. The van der Waals surface area contributed by atoms with Crippen LogP contribution in [0, 0.1) is 0 Å². The van der Waals surface area contributed by atoms with Gasteiger partial charge in [-0.05, 0) is 12.8 Å². The van der Waals surface area contributed by atoms with Crippen molar-refractivity contribution in [3.8, 4) is 0 Å². The predicted octanol–water partition coefficient (Wildman–Crippen LogP) is 0.513. The van der Waals surface area contributed by atoms with Gasteiger partial charge in [0.25, 0.3) is 0 Å². The minimum Gasteiger partial charge on any atom is -0.378 e. The second-order valence-corrected chi connectivity index (χ2v) is 2.21. The van der Waals surface area contributed by atoms with E-state index in [4.69, 9.17) is 4.74 Å². The Hall–Kier alpha value is -0.570. The smallest absolute Gasteiger partial charge is 0.358 e. The highest BCUT2D eigenvalue weighted by molar-refractivity contribution is 5.66. The number of ether oxygens (including phenoxy) is 1. The fraction of sp³-hybridized carbons (Fsp3) is 0.833. The van der Waals surface area contributed by atoms with E-state index in [2.05, 4.69) is 0 Å². The molecule has 1 radical (unpaired) electrons. The van der Waals surface area contributed by atoms with Gasteiger partial charge in [0.15, 0.2) is 0 Å². The van der Waals surface area contributed by atoms with Crippen LogP contribution in [-0.2, 0) is 14.6 Å². The van der Waals surface area contributed by atoms with Gasteiger partial charge in [0.05, 0.1) is 12.5 Å². The zero-order valence-electron chi connectivity index (χ0n) is 5.13. The molecule has 9 heavy (non-hydrogen) atoms. The van der Waals surface area contributed by atoms with Crippen LogP contribution in [0.25, 0.3) is 0 Å². The molecular formula is C6H9O3. The Morgan fingerprint density at radius 1 is 1.67 bits per heavy atom. The van der Waals surface area contributed by atoms with Crippen molar-refractivity contribution in [2.24, 2.45) is 0 Å². The largest absolute Gasteiger partial charge is 0.378 e. The van der Waals surface area contributed by atoms with Gasteiger partial charge in [0, 0.05) is 6.61 Å². The molecule has 1 fully saturated rings. The van der Waals surface area contributed by atoms with Crippen LogP contribution in [0.3, 0.4) is 0 Å². The van der Waals surface area contributed by atoms with Gasteiger partial charge in [0.1, 0.15) is 0 Å². The quantitative estimate of drug-likeness (QED) is 0.545. The minimum absolute atomic E-state index is 0.0556. The van der Waals surface area contributed by atoms with Gasteiger partial charge < -0.3 is 4.74 Å².